The van der Waals surface area contributed by atoms with Gasteiger partial charge in [-0.1, -0.05) is 0 Å². The molecule has 3 rings (SSSR count). The second-order valence-electron chi connectivity index (χ2n) is 6.00. The molecular formula is C14H19BrN4O3. The second kappa shape index (κ2) is 5.66. The Kier molecular flexibility index (Phi) is 3.98. The van der Waals surface area contributed by atoms with Gasteiger partial charge in [-0.3, -0.25) is 14.3 Å². The lowest BCUT2D eigenvalue weighted by atomic mass is 10.1. The minimum absolute atomic E-state index is 0.0321. The van der Waals surface area contributed by atoms with Crippen LogP contribution in [0, 0.1) is 5.41 Å². The fraction of sp³-hybridized carbons (Fsp3) is 0.643. The van der Waals surface area contributed by atoms with Gasteiger partial charge < -0.3 is 14.9 Å². The molecule has 1 aromatic rings. The Bertz CT molecular complexity index is 603. The van der Waals surface area contributed by atoms with Gasteiger partial charge in [0.2, 0.25) is 5.91 Å². The van der Waals surface area contributed by atoms with Gasteiger partial charge in [0.15, 0.2) is 0 Å². The van der Waals surface area contributed by atoms with Crippen LogP contribution in [0.15, 0.2) is 10.8 Å². The monoisotopic (exact) mass is 370 g/mol. The van der Waals surface area contributed by atoms with Crippen LogP contribution in [-0.4, -0.2) is 69.3 Å². The molecule has 22 heavy (non-hydrogen) atoms. The molecule has 0 atom stereocenters. The van der Waals surface area contributed by atoms with Gasteiger partial charge in [-0.2, -0.15) is 5.10 Å². The molecule has 1 aliphatic carbocycles. The number of hydrogen-bond donors (Lipinski definition) is 1. The fourth-order valence-corrected chi connectivity index (χ4v) is 3.14. The van der Waals surface area contributed by atoms with Crippen molar-refractivity contribution in [2.45, 2.75) is 12.8 Å². The largest absolute Gasteiger partial charge is 0.395 e. The summed E-state index contributed by atoms with van der Waals surface area (Å²) < 4.78 is 2.26. The lowest BCUT2D eigenvalue weighted by Crippen LogP contribution is -2.52. The Morgan fingerprint density at radius 2 is 1.86 bits per heavy atom. The van der Waals surface area contributed by atoms with Gasteiger partial charge >= 0.3 is 0 Å². The molecule has 1 aromatic heterocycles. The van der Waals surface area contributed by atoms with E-state index in [2.05, 4.69) is 21.0 Å². The first-order valence-electron chi connectivity index (χ1n) is 7.35. The Morgan fingerprint density at radius 1 is 1.27 bits per heavy atom. The van der Waals surface area contributed by atoms with Crippen molar-refractivity contribution in [1.29, 1.82) is 0 Å². The number of hydrogen-bond acceptors (Lipinski definition) is 4. The Labute approximate surface area is 137 Å². The molecule has 7 nitrogen and oxygen atoms in total. The molecule has 2 amide bonds. The summed E-state index contributed by atoms with van der Waals surface area (Å²) in [6.07, 6.45) is 3.09. The van der Waals surface area contributed by atoms with Gasteiger partial charge in [0, 0.05) is 33.2 Å². The third-order valence-electron chi connectivity index (χ3n) is 4.56. The minimum Gasteiger partial charge on any atom is -0.395 e. The van der Waals surface area contributed by atoms with Crippen LogP contribution >= 0.6 is 15.9 Å². The van der Waals surface area contributed by atoms with Crippen molar-refractivity contribution in [1.82, 2.24) is 19.6 Å². The number of aryl methyl sites for hydroxylation is 1. The maximum atomic E-state index is 12.5. The molecule has 1 saturated carbocycles. The van der Waals surface area contributed by atoms with Crippen molar-refractivity contribution >= 4 is 27.7 Å². The van der Waals surface area contributed by atoms with Crippen molar-refractivity contribution < 1.29 is 14.7 Å². The number of aliphatic hydroxyl groups excluding tert-OH is 1. The van der Waals surface area contributed by atoms with E-state index >= 15 is 0 Å². The zero-order chi connectivity index (χ0) is 15.9. The molecule has 0 bridgehead atoms. The minimum atomic E-state index is -0.529. The Hall–Kier alpha value is -1.41. The lowest BCUT2D eigenvalue weighted by molar-refractivity contribution is -0.140. The van der Waals surface area contributed by atoms with Gasteiger partial charge in [0.05, 0.1) is 23.8 Å². The number of aliphatic hydroxyl groups is 1. The molecule has 120 valence electrons. The number of piperazine rings is 1. The molecule has 2 heterocycles. The molecule has 0 spiro atoms. The molecule has 8 heteroatoms. The van der Waals surface area contributed by atoms with E-state index in [4.69, 9.17) is 0 Å². The molecule has 0 unspecified atom stereocenters. The zero-order valence-corrected chi connectivity index (χ0v) is 14.0. The molecule has 1 saturated heterocycles. The normalized spacial score (nSPS) is 20.1. The van der Waals surface area contributed by atoms with E-state index in [1.165, 1.54) is 0 Å². The number of carbonyl (C=O) groups is 2. The SMILES string of the molecule is Cn1ncc(C(=O)N2CCN(C(=O)C3(CO)CC3)CC2)c1Br. The predicted octanol–water partition coefficient (Wildman–Crippen LogP) is 0.240. The number of aromatic nitrogens is 2. The highest BCUT2D eigenvalue weighted by Gasteiger charge is 2.51. The van der Waals surface area contributed by atoms with Crippen molar-refractivity contribution in [3.8, 4) is 0 Å². The van der Waals surface area contributed by atoms with E-state index < -0.39 is 5.41 Å². The summed E-state index contributed by atoms with van der Waals surface area (Å²) in [7, 11) is 1.77. The third-order valence-corrected chi connectivity index (χ3v) is 5.50. The van der Waals surface area contributed by atoms with E-state index in [-0.39, 0.29) is 18.4 Å². The average molecular weight is 371 g/mol. The summed E-state index contributed by atoms with van der Waals surface area (Å²) in [6.45, 7) is 1.98. The number of nitrogens with zero attached hydrogens (tertiary/aromatic N) is 4. The van der Waals surface area contributed by atoms with Crippen molar-refractivity contribution in [2.24, 2.45) is 12.5 Å². The van der Waals surface area contributed by atoms with Crippen LogP contribution in [-0.2, 0) is 11.8 Å². The number of amides is 2. The third kappa shape index (κ3) is 2.54. The summed E-state index contributed by atoms with van der Waals surface area (Å²) in [5.74, 6) is -0.0416. The van der Waals surface area contributed by atoms with E-state index in [0.29, 0.717) is 36.3 Å². The Morgan fingerprint density at radius 3 is 2.32 bits per heavy atom. The van der Waals surface area contributed by atoms with Crippen LogP contribution in [0.1, 0.15) is 23.2 Å². The van der Waals surface area contributed by atoms with Crippen LogP contribution in [0.5, 0.6) is 0 Å². The van der Waals surface area contributed by atoms with Crippen LogP contribution in [0.4, 0.5) is 0 Å². The lowest BCUT2D eigenvalue weighted by Gasteiger charge is -2.36. The van der Waals surface area contributed by atoms with Gasteiger partial charge in [0.25, 0.3) is 5.91 Å². The summed E-state index contributed by atoms with van der Waals surface area (Å²) >= 11 is 3.36. The van der Waals surface area contributed by atoms with E-state index in [9.17, 15) is 14.7 Å². The number of halogens is 1. The summed E-state index contributed by atoms with van der Waals surface area (Å²) in [6, 6.07) is 0. The molecule has 0 aromatic carbocycles. The van der Waals surface area contributed by atoms with Crippen LogP contribution < -0.4 is 0 Å². The van der Waals surface area contributed by atoms with Crippen LogP contribution in [0.2, 0.25) is 0 Å². The Balaban J connectivity index is 1.61. The highest BCUT2D eigenvalue weighted by Crippen LogP contribution is 2.46. The van der Waals surface area contributed by atoms with Crippen molar-refractivity contribution in [2.75, 3.05) is 32.8 Å². The van der Waals surface area contributed by atoms with Gasteiger partial charge in [-0.15, -0.1) is 0 Å². The smallest absolute Gasteiger partial charge is 0.258 e. The highest BCUT2D eigenvalue weighted by atomic mass is 79.9. The second-order valence-corrected chi connectivity index (χ2v) is 6.75. The summed E-state index contributed by atoms with van der Waals surface area (Å²) in [5, 5.41) is 13.4. The molecule has 2 aliphatic rings. The van der Waals surface area contributed by atoms with E-state index in [0.717, 1.165) is 12.8 Å². The molecule has 0 radical (unpaired) electrons. The van der Waals surface area contributed by atoms with E-state index in [1.54, 1.807) is 27.7 Å². The average Bonchev–Trinajstić information content (AvgIpc) is 3.28. The highest BCUT2D eigenvalue weighted by molar-refractivity contribution is 9.10. The quantitative estimate of drug-likeness (QED) is 0.826. The molecule has 1 aliphatic heterocycles. The standard InChI is InChI=1S/C14H19BrN4O3/c1-17-11(15)10(8-16-17)12(21)18-4-6-19(7-5-18)13(22)14(9-20)2-3-14/h8,20H,2-7,9H2,1H3. The maximum absolute atomic E-state index is 12.5. The fourth-order valence-electron chi connectivity index (χ4n) is 2.77. The van der Waals surface area contributed by atoms with E-state index in [1.807, 2.05) is 0 Å². The summed E-state index contributed by atoms with van der Waals surface area (Å²) in [4.78, 5) is 28.3. The van der Waals surface area contributed by atoms with Gasteiger partial charge in [-0.05, 0) is 28.8 Å². The van der Waals surface area contributed by atoms with Gasteiger partial charge in [0.1, 0.15) is 4.60 Å². The molecule has 1 N–H and O–H groups in total. The maximum Gasteiger partial charge on any atom is 0.258 e. The predicted molar refractivity (Wildman–Crippen MR) is 82.1 cm³/mol. The van der Waals surface area contributed by atoms with Crippen LogP contribution in [0.25, 0.3) is 0 Å². The number of carbonyl (C=O) groups excluding carboxylic acids is 2. The van der Waals surface area contributed by atoms with Crippen molar-refractivity contribution in [3.63, 3.8) is 0 Å². The number of rotatable bonds is 3. The first-order chi connectivity index (χ1) is 10.5. The molecule has 2 fully saturated rings. The first-order valence-corrected chi connectivity index (χ1v) is 8.15. The summed E-state index contributed by atoms with van der Waals surface area (Å²) in [5.41, 5.74) is 0.00903. The van der Waals surface area contributed by atoms with Gasteiger partial charge in [-0.25, -0.2) is 0 Å². The molecular weight excluding hydrogens is 352 g/mol. The first kappa shape index (κ1) is 15.5. The topological polar surface area (TPSA) is 78.7 Å². The van der Waals surface area contributed by atoms with Crippen molar-refractivity contribution in [3.05, 3.63) is 16.4 Å². The van der Waals surface area contributed by atoms with Crippen LogP contribution in [0.3, 0.4) is 0 Å². The zero-order valence-electron chi connectivity index (χ0n) is 12.5.